The Labute approximate surface area is 161 Å². The van der Waals surface area contributed by atoms with Gasteiger partial charge in [-0.2, -0.15) is 0 Å². The molecular formula is C17H29IN4O2. The Morgan fingerprint density at radius 2 is 2.29 bits per heavy atom. The van der Waals surface area contributed by atoms with E-state index in [9.17, 15) is 5.11 Å². The van der Waals surface area contributed by atoms with Crippen molar-refractivity contribution in [2.24, 2.45) is 10.4 Å². The Kier molecular flexibility index (Phi) is 10.2. The number of halogens is 1. The molecule has 0 aromatic carbocycles. The van der Waals surface area contributed by atoms with Gasteiger partial charge >= 0.3 is 0 Å². The number of hydrogen-bond acceptors (Lipinski definition) is 4. The lowest BCUT2D eigenvalue weighted by Gasteiger charge is -2.24. The van der Waals surface area contributed by atoms with E-state index in [4.69, 9.17) is 9.73 Å². The zero-order valence-corrected chi connectivity index (χ0v) is 16.7. The molecule has 1 aromatic heterocycles. The van der Waals surface area contributed by atoms with Gasteiger partial charge in [-0.25, -0.2) is 0 Å². The molecule has 1 fully saturated rings. The quantitative estimate of drug-likeness (QED) is 0.320. The molecule has 24 heavy (non-hydrogen) atoms. The van der Waals surface area contributed by atoms with Gasteiger partial charge in [0.05, 0.1) is 13.2 Å². The molecule has 6 nitrogen and oxygen atoms in total. The number of nitrogens with zero attached hydrogens (tertiary/aromatic N) is 2. The van der Waals surface area contributed by atoms with E-state index in [0.29, 0.717) is 13.2 Å². The van der Waals surface area contributed by atoms with Gasteiger partial charge in [0.2, 0.25) is 0 Å². The second kappa shape index (κ2) is 11.6. The predicted molar refractivity (Wildman–Crippen MR) is 107 cm³/mol. The topological polar surface area (TPSA) is 78.8 Å². The molecule has 0 bridgehead atoms. The summed E-state index contributed by atoms with van der Waals surface area (Å²) in [6.07, 6.45) is 4.37. The first-order valence-corrected chi connectivity index (χ1v) is 8.39. The Balaban J connectivity index is 0.00000288. The summed E-state index contributed by atoms with van der Waals surface area (Å²) in [5, 5.41) is 15.9. The fourth-order valence-corrected chi connectivity index (χ4v) is 2.73. The first kappa shape index (κ1) is 21.1. The monoisotopic (exact) mass is 448 g/mol. The van der Waals surface area contributed by atoms with Gasteiger partial charge in [-0.1, -0.05) is 6.07 Å². The second-order valence-electron chi connectivity index (χ2n) is 5.97. The highest BCUT2D eigenvalue weighted by Crippen LogP contribution is 2.32. The summed E-state index contributed by atoms with van der Waals surface area (Å²) in [6.45, 7) is 5.96. The Morgan fingerprint density at radius 1 is 1.42 bits per heavy atom. The van der Waals surface area contributed by atoms with Crippen molar-refractivity contribution in [1.82, 2.24) is 15.6 Å². The maximum Gasteiger partial charge on any atom is 0.191 e. The number of aliphatic imine (C=N–C) groups is 1. The number of guanidine groups is 1. The smallest absolute Gasteiger partial charge is 0.191 e. The number of hydrogen-bond donors (Lipinski definition) is 3. The van der Waals surface area contributed by atoms with Crippen molar-refractivity contribution in [2.75, 3.05) is 39.5 Å². The molecule has 7 heteroatoms. The summed E-state index contributed by atoms with van der Waals surface area (Å²) >= 11 is 0. The largest absolute Gasteiger partial charge is 0.396 e. The molecule has 0 aliphatic carbocycles. The van der Waals surface area contributed by atoms with Crippen molar-refractivity contribution >= 4 is 29.9 Å². The highest BCUT2D eigenvalue weighted by atomic mass is 127. The van der Waals surface area contributed by atoms with Crippen molar-refractivity contribution in [2.45, 2.75) is 26.2 Å². The SMILES string of the molecule is CCNC(=NCC1(CCO)CCOC1)NCCc1ccccn1.I. The Bertz CT molecular complexity index is 479. The van der Waals surface area contributed by atoms with Gasteiger partial charge in [-0.05, 0) is 31.9 Å². The van der Waals surface area contributed by atoms with Crippen molar-refractivity contribution in [3.8, 4) is 0 Å². The van der Waals surface area contributed by atoms with Crippen LogP contribution in [0.25, 0.3) is 0 Å². The molecule has 0 amide bonds. The van der Waals surface area contributed by atoms with Crippen LogP contribution in [-0.4, -0.2) is 55.5 Å². The molecule has 1 atom stereocenters. The van der Waals surface area contributed by atoms with Gasteiger partial charge in [0, 0.05) is 50.0 Å². The van der Waals surface area contributed by atoms with E-state index in [0.717, 1.165) is 50.6 Å². The minimum atomic E-state index is -0.0158. The van der Waals surface area contributed by atoms with Crippen molar-refractivity contribution in [3.63, 3.8) is 0 Å². The molecule has 2 rings (SSSR count). The lowest BCUT2D eigenvalue weighted by Crippen LogP contribution is -2.39. The van der Waals surface area contributed by atoms with Crippen LogP contribution < -0.4 is 10.6 Å². The average Bonchev–Trinajstić information content (AvgIpc) is 3.03. The van der Waals surface area contributed by atoms with Crippen LogP contribution in [0.4, 0.5) is 0 Å². The van der Waals surface area contributed by atoms with Crippen LogP contribution in [0.3, 0.4) is 0 Å². The average molecular weight is 448 g/mol. The van der Waals surface area contributed by atoms with E-state index in [1.165, 1.54) is 0 Å². The van der Waals surface area contributed by atoms with Gasteiger partial charge in [0.25, 0.3) is 0 Å². The van der Waals surface area contributed by atoms with Gasteiger partial charge < -0.3 is 20.5 Å². The van der Waals surface area contributed by atoms with Crippen molar-refractivity contribution in [1.29, 1.82) is 0 Å². The molecule has 0 spiro atoms. The zero-order valence-electron chi connectivity index (χ0n) is 14.3. The van der Waals surface area contributed by atoms with Crippen LogP contribution >= 0.6 is 24.0 Å². The van der Waals surface area contributed by atoms with E-state index in [-0.39, 0.29) is 36.0 Å². The normalized spacial score (nSPS) is 20.5. The third kappa shape index (κ3) is 6.90. The molecule has 2 heterocycles. The van der Waals surface area contributed by atoms with E-state index >= 15 is 0 Å². The molecule has 0 saturated carbocycles. The van der Waals surface area contributed by atoms with Gasteiger partial charge in [-0.3, -0.25) is 9.98 Å². The number of rotatable bonds is 8. The summed E-state index contributed by atoms with van der Waals surface area (Å²) in [5.41, 5.74) is 1.05. The Morgan fingerprint density at radius 3 is 2.92 bits per heavy atom. The molecule has 3 N–H and O–H groups in total. The van der Waals surface area contributed by atoms with Crippen LogP contribution in [0.5, 0.6) is 0 Å². The standard InChI is InChI=1S/C17H28N4O2.HI/c1-2-18-16(20-10-6-15-5-3-4-9-19-15)21-13-17(7-11-22)8-12-23-14-17;/h3-5,9,22H,2,6-8,10-14H2,1H3,(H2,18,20,21);1H. The number of ether oxygens (including phenoxy) is 1. The summed E-state index contributed by atoms with van der Waals surface area (Å²) in [6, 6.07) is 5.95. The third-order valence-electron chi connectivity index (χ3n) is 4.14. The van der Waals surface area contributed by atoms with E-state index in [2.05, 4.69) is 22.5 Å². The first-order chi connectivity index (χ1) is 11.3. The van der Waals surface area contributed by atoms with E-state index in [1.54, 1.807) is 0 Å². The maximum atomic E-state index is 9.29. The summed E-state index contributed by atoms with van der Waals surface area (Å²) in [7, 11) is 0. The fraction of sp³-hybridized carbons (Fsp3) is 0.647. The van der Waals surface area contributed by atoms with E-state index in [1.807, 2.05) is 24.4 Å². The van der Waals surface area contributed by atoms with Gasteiger partial charge in [0.1, 0.15) is 0 Å². The van der Waals surface area contributed by atoms with Gasteiger partial charge in [0.15, 0.2) is 5.96 Å². The maximum absolute atomic E-state index is 9.29. The van der Waals surface area contributed by atoms with Gasteiger partial charge in [-0.15, -0.1) is 24.0 Å². The van der Waals surface area contributed by atoms with E-state index < -0.39 is 0 Å². The minimum absolute atomic E-state index is 0. The van der Waals surface area contributed by atoms with Crippen LogP contribution in [0.1, 0.15) is 25.5 Å². The summed E-state index contributed by atoms with van der Waals surface area (Å²) in [4.78, 5) is 9.02. The first-order valence-electron chi connectivity index (χ1n) is 8.39. The second-order valence-corrected chi connectivity index (χ2v) is 5.97. The number of aliphatic hydroxyl groups is 1. The molecule has 1 aromatic rings. The molecule has 1 unspecified atom stereocenters. The molecule has 1 aliphatic rings. The van der Waals surface area contributed by atoms with Crippen molar-refractivity contribution < 1.29 is 9.84 Å². The Hall–Kier alpha value is -0.930. The number of nitrogens with one attached hydrogen (secondary N) is 2. The van der Waals surface area contributed by atoms with Crippen LogP contribution in [0.2, 0.25) is 0 Å². The number of pyridine rings is 1. The van der Waals surface area contributed by atoms with Crippen LogP contribution in [-0.2, 0) is 11.2 Å². The van der Waals surface area contributed by atoms with Crippen LogP contribution in [0.15, 0.2) is 29.4 Å². The van der Waals surface area contributed by atoms with Crippen LogP contribution in [0, 0.1) is 5.41 Å². The number of aromatic nitrogens is 1. The molecule has 0 radical (unpaired) electrons. The lowest BCUT2D eigenvalue weighted by atomic mass is 9.84. The molecule has 1 aliphatic heterocycles. The molecular weight excluding hydrogens is 419 g/mol. The minimum Gasteiger partial charge on any atom is -0.396 e. The zero-order chi connectivity index (χ0) is 16.4. The number of aliphatic hydroxyl groups excluding tert-OH is 1. The fourth-order valence-electron chi connectivity index (χ4n) is 2.73. The summed E-state index contributed by atoms with van der Waals surface area (Å²) in [5.74, 6) is 0.813. The molecule has 136 valence electrons. The summed E-state index contributed by atoms with van der Waals surface area (Å²) < 4.78 is 5.51. The highest BCUT2D eigenvalue weighted by molar-refractivity contribution is 14.0. The van der Waals surface area contributed by atoms with Crippen molar-refractivity contribution in [3.05, 3.63) is 30.1 Å². The lowest BCUT2D eigenvalue weighted by molar-refractivity contribution is 0.131. The third-order valence-corrected chi connectivity index (χ3v) is 4.14. The molecule has 1 saturated heterocycles. The highest BCUT2D eigenvalue weighted by Gasteiger charge is 2.34. The predicted octanol–water partition coefficient (Wildman–Crippen LogP) is 1.59.